The molecular formula is C22H29N3O6S. The lowest BCUT2D eigenvalue weighted by atomic mass is 10.2. The van der Waals surface area contributed by atoms with Crippen LogP contribution in [0.15, 0.2) is 47.6 Å². The van der Waals surface area contributed by atoms with Gasteiger partial charge >= 0.3 is 0 Å². The van der Waals surface area contributed by atoms with Crippen LogP contribution in [0.5, 0.6) is 17.2 Å². The van der Waals surface area contributed by atoms with Crippen molar-refractivity contribution >= 4 is 27.8 Å². The summed E-state index contributed by atoms with van der Waals surface area (Å²) in [6, 6.07) is 11.9. The Morgan fingerprint density at radius 2 is 1.78 bits per heavy atom. The van der Waals surface area contributed by atoms with Crippen LogP contribution in [0.25, 0.3) is 0 Å². The largest absolute Gasteiger partial charge is 0.497 e. The number of ether oxygens (including phenoxy) is 3. The number of methoxy groups -OCH3 is 2. The second kappa shape index (κ2) is 11.9. The van der Waals surface area contributed by atoms with Crippen LogP contribution in [-0.4, -0.2) is 54.2 Å². The summed E-state index contributed by atoms with van der Waals surface area (Å²) >= 11 is 0. The van der Waals surface area contributed by atoms with E-state index in [0.717, 1.165) is 34.7 Å². The Kier molecular flexibility index (Phi) is 9.33. The van der Waals surface area contributed by atoms with Crippen molar-refractivity contribution in [3.05, 3.63) is 48.0 Å². The number of rotatable bonds is 12. The van der Waals surface area contributed by atoms with E-state index in [9.17, 15) is 13.2 Å². The van der Waals surface area contributed by atoms with Gasteiger partial charge in [-0.05, 0) is 48.4 Å². The van der Waals surface area contributed by atoms with Crippen molar-refractivity contribution in [1.29, 1.82) is 0 Å². The summed E-state index contributed by atoms with van der Waals surface area (Å²) < 4.78 is 41.6. The van der Waals surface area contributed by atoms with Crippen LogP contribution in [-0.2, 0) is 14.8 Å². The van der Waals surface area contributed by atoms with Crippen LogP contribution in [0, 0.1) is 0 Å². The van der Waals surface area contributed by atoms with Crippen molar-refractivity contribution in [2.24, 2.45) is 5.10 Å². The summed E-state index contributed by atoms with van der Waals surface area (Å²) in [6.07, 6.45) is 4.53. The molecule has 1 amide bonds. The highest BCUT2D eigenvalue weighted by molar-refractivity contribution is 7.92. The second-order valence-electron chi connectivity index (χ2n) is 6.87. The van der Waals surface area contributed by atoms with Crippen LogP contribution in [0.2, 0.25) is 0 Å². The number of unbranched alkanes of at least 4 members (excludes halogenated alkanes) is 1. The maximum atomic E-state index is 12.4. The van der Waals surface area contributed by atoms with Gasteiger partial charge in [-0.3, -0.25) is 9.10 Å². The summed E-state index contributed by atoms with van der Waals surface area (Å²) in [7, 11) is -0.878. The molecule has 174 valence electrons. The number of nitrogens with zero attached hydrogens (tertiary/aromatic N) is 2. The van der Waals surface area contributed by atoms with Crippen molar-refractivity contribution in [2.75, 3.05) is 37.9 Å². The van der Waals surface area contributed by atoms with Gasteiger partial charge < -0.3 is 14.2 Å². The van der Waals surface area contributed by atoms with Crippen molar-refractivity contribution < 1.29 is 27.4 Å². The average molecular weight is 464 g/mol. The number of nitrogens with one attached hydrogen (secondary N) is 1. The van der Waals surface area contributed by atoms with E-state index in [1.807, 2.05) is 24.3 Å². The van der Waals surface area contributed by atoms with Gasteiger partial charge in [0.2, 0.25) is 10.0 Å². The molecule has 0 aliphatic rings. The van der Waals surface area contributed by atoms with Crippen LogP contribution in [0.4, 0.5) is 5.69 Å². The van der Waals surface area contributed by atoms with Crippen LogP contribution < -0.4 is 23.9 Å². The molecule has 0 spiro atoms. The third-order valence-corrected chi connectivity index (χ3v) is 5.52. The predicted octanol–water partition coefficient (Wildman–Crippen LogP) is 2.80. The SMILES string of the molecule is CCCCOc1ccc(/C=N\NC(=O)CN(c2ccc(OC)cc2OC)S(C)(=O)=O)cc1. The monoisotopic (exact) mass is 463 g/mol. The van der Waals surface area contributed by atoms with E-state index in [1.165, 1.54) is 26.5 Å². The quantitative estimate of drug-likeness (QED) is 0.295. The molecule has 2 rings (SSSR count). The van der Waals surface area contributed by atoms with E-state index in [4.69, 9.17) is 14.2 Å². The zero-order valence-electron chi connectivity index (χ0n) is 18.7. The maximum Gasteiger partial charge on any atom is 0.260 e. The van der Waals surface area contributed by atoms with Crippen LogP contribution in [0.3, 0.4) is 0 Å². The number of benzene rings is 2. The van der Waals surface area contributed by atoms with E-state index >= 15 is 0 Å². The average Bonchev–Trinajstić information content (AvgIpc) is 2.77. The molecule has 1 N–H and O–H groups in total. The fraction of sp³-hybridized carbons (Fsp3) is 0.364. The van der Waals surface area contributed by atoms with Gasteiger partial charge in [0.25, 0.3) is 5.91 Å². The number of amides is 1. The number of carbonyl (C=O) groups excluding carboxylic acids is 1. The van der Waals surface area contributed by atoms with Gasteiger partial charge in [0.15, 0.2) is 0 Å². The first-order chi connectivity index (χ1) is 15.3. The molecule has 0 bridgehead atoms. The lowest BCUT2D eigenvalue weighted by molar-refractivity contribution is -0.119. The highest BCUT2D eigenvalue weighted by atomic mass is 32.2. The molecule has 0 radical (unpaired) electrons. The van der Waals surface area contributed by atoms with Crippen molar-refractivity contribution in [3.8, 4) is 17.2 Å². The minimum absolute atomic E-state index is 0.216. The number of hydrazone groups is 1. The maximum absolute atomic E-state index is 12.4. The van der Waals surface area contributed by atoms with E-state index in [-0.39, 0.29) is 11.4 Å². The lowest BCUT2D eigenvalue weighted by Crippen LogP contribution is -2.39. The number of carbonyl (C=O) groups is 1. The molecule has 2 aromatic rings. The molecule has 0 heterocycles. The van der Waals surface area contributed by atoms with Gasteiger partial charge in [-0.15, -0.1) is 0 Å². The standard InChI is InChI=1S/C22H29N3O6S/c1-5-6-13-31-18-9-7-17(8-10-18)15-23-24-22(26)16-25(32(4,27)28)20-12-11-19(29-2)14-21(20)30-3/h7-12,14-15H,5-6,13,16H2,1-4H3,(H,24,26)/b23-15-. The molecule has 0 aliphatic heterocycles. The number of hydrogen-bond acceptors (Lipinski definition) is 7. The molecule has 0 aliphatic carbocycles. The summed E-state index contributed by atoms with van der Waals surface area (Å²) in [4.78, 5) is 12.4. The Labute approximate surface area is 189 Å². The van der Waals surface area contributed by atoms with Gasteiger partial charge in [0.05, 0.1) is 39.0 Å². The van der Waals surface area contributed by atoms with Crippen molar-refractivity contribution in [3.63, 3.8) is 0 Å². The summed E-state index contributed by atoms with van der Waals surface area (Å²) in [5, 5.41) is 3.91. The fourth-order valence-corrected chi connectivity index (χ4v) is 3.56. The topological polar surface area (TPSA) is 107 Å². The highest BCUT2D eigenvalue weighted by Gasteiger charge is 2.24. The van der Waals surface area contributed by atoms with Crippen LogP contribution in [0.1, 0.15) is 25.3 Å². The Morgan fingerprint density at radius 3 is 2.38 bits per heavy atom. The molecule has 0 saturated heterocycles. The smallest absolute Gasteiger partial charge is 0.260 e. The van der Waals surface area contributed by atoms with Gasteiger partial charge in [-0.1, -0.05) is 13.3 Å². The molecule has 2 aromatic carbocycles. The fourth-order valence-electron chi connectivity index (χ4n) is 2.70. The zero-order valence-corrected chi connectivity index (χ0v) is 19.5. The van der Waals surface area contributed by atoms with Gasteiger partial charge in [-0.2, -0.15) is 5.10 Å². The summed E-state index contributed by atoms with van der Waals surface area (Å²) in [5.74, 6) is 0.906. The lowest BCUT2D eigenvalue weighted by Gasteiger charge is -2.23. The van der Waals surface area contributed by atoms with Crippen molar-refractivity contribution in [1.82, 2.24) is 5.43 Å². The minimum Gasteiger partial charge on any atom is -0.497 e. The third-order valence-electron chi connectivity index (χ3n) is 4.39. The molecule has 32 heavy (non-hydrogen) atoms. The zero-order chi connectivity index (χ0) is 23.6. The normalized spacial score (nSPS) is 11.2. The Balaban J connectivity index is 2.04. The predicted molar refractivity (Wildman–Crippen MR) is 124 cm³/mol. The molecule has 0 fully saturated rings. The molecule has 0 aromatic heterocycles. The minimum atomic E-state index is -3.77. The molecule has 9 nitrogen and oxygen atoms in total. The first kappa shape index (κ1) is 25.0. The molecule has 10 heteroatoms. The number of anilines is 1. The highest BCUT2D eigenvalue weighted by Crippen LogP contribution is 2.33. The summed E-state index contributed by atoms with van der Waals surface area (Å²) in [5.41, 5.74) is 3.32. The third kappa shape index (κ3) is 7.45. The van der Waals surface area contributed by atoms with Crippen molar-refractivity contribution in [2.45, 2.75) is 19.8 Å². The van der Waals surface area contributed by atoms with E-state index in [0.29, 0.717) is 12.4 Å². The van der Waals surface area contributed by atoms with Gasteiger partial charge in [-0.25, -0.2) is 13.8 Å². The van der Waals surface area contributed by atoms with Gasteiger partial charge in [0, 0.05) is 6.07 Å². The first-order valence-corrected chi connectivity index (χ1v) is 11.9. The Bertz CT molecular complexity index is 1020. The molecular weight excluding hydrogens is 434 g/mol. The van der Waals surface area contributed by atoms with E-state index < -0.39 is 22.5 Å². The number of hydrogen-bond donors (Lipinski definition) is 1. The Morgan fingerprint density at radius 1 is 1.09 bits per heavy atom. The van der Waals surface area contributed by atoms with E-state index in [1.54, 1.807) is 12.1 Å². The van der Waals surface area contributed by atoms with E-state index in [2.05, 4.69) is 17.5 Å². The second-order valence-corrected chi connectivity index (χ2v) is 8.78. The molecule has 0 saturated carbocycles. The summed E-state index contributed by atoms with van der Waals surface area (Å²) in [6.45, 7) is 2.29. The Hall–Kier alpha value is -3.27. The number of sulfonamides is 1. The van der Waals surface area contributed by atoms with Crippen LogP contribution >= 0.6 is 0 Å². The van der Waals surface area contributed by atoms with Gasteiger partial charge in [0.1, 0.15) is 23.8 Å². The molecule has 0 unspecified atom stereocenters. The molecule has 0 atom stereocenters. The first-order valence-electron chi connectivity index (χ1n) is 10.0.